The number of hydrogen-bond donors (Lipinski definition) is 2. The fourth-order valence-electron chi connectivity index (χ4n) is 4.02. The highest BCUT2D eigenvalue weighted by Crippen LogP contribution is 2.33. The van der Waals surface area contributed by atoms with E-state index in [1.807, 2.05) is 38.1 Å². The monoisotopic (exact) mass is 459 g/mol. The molecule has 0 fully saturated rings. The zero-order valence-electron chi connectivity index (χ0n) is 20.9. The highest BCUT2D eigenvalue weighted by Gasteiger charge is 2.18. The van der Waals surface area contributed by atoms with E-state index in [2.05, 4.69) is 42.4 Å². The molecule has 1 aliphatic heterocycles. The van der Waals surface area contributed by atoms with Crippen LogP contribution in [0.4, 0.5) is 5.69 Å². The van der Waals surface area contributed by atoms with Crippen molar-refractivity contribution in [3.05, 3.63) is 76.4 Å². The summed E-state index contributed by atoms with van der Waals surface area (Å²) in [5.74, 6) is -0.140. The first-order valence-electron chi connectivity index (χ1n) is 12.1. The highest BCUT2D eigenvalue weighted by molar-refractivity contribution is 6.01. The van der Waals surface area contributed by atoms with Crippen molar-refractivity contribution in [3.8, 4) is 11.8 Å². The van der Waals surface area contributed by atoms with Gasteiger partial charge < -0.3 is 15.3 Å². The van der Waals surface area contributed by atoms with E-state index in [-0.39, 0.29) is 17.2 Å². The molecule has 5 heteroatoms. The van der Waals surface area contributed by atoms with Gasteiger partial charge in [-0.05, 0) is 92.1 Å². The molecule has 1 heterocycles. The summed E-state index contributed by atoms with van der Waals surface area (Å²) in [6.45, 7) is 7.66. The Morgan fingerprint density at radius 2 is 1.88 bits per heavy atom. The number of rotatable bonds is 7. The zero-order valence-corrected chi connectivity index (χ0v) is 20.9. The number of anilines is 1. The van der Waals surface area contributed by atoms with Crippen LogP contribution in [0.15, 0.2) is 54.1 Å². The van der Waals surface area contributed by atoms with Crippen LogP contribution in [-0.2, 0) is 24.1 Å². The lowest BCUT2D eigenvalue weighted by Crippen LogP contribution is -2.27. The summed E-state index contributed by atoms with van der Waals surface area (Å²) in [5, 5.41) is 21.7. The van der Waals surface area contributed by atoms with Gasteiger partial charge in [0.25, 0.3) is 5.91 Å². The molecule has 5 nitrogen and oxygen atoms in total. The number of carbonyl (C=O) groups excluding carboxylic acids is 1. The Kier molecular flexibility index (Phi) is 10.9. The van der Waals surface area contributed by atoms with Crippen LogP contribution in [0, 0.1) is 11.3 Å². The van der Waals surface area contributed by atoms with Gasteiger partial charge in [-0.3, -0.25) is 4.79 Å². The predicted octanol–water partition coefficient (Wildman–Crippen LogP) is 5.58. The molecule has 0 atom stereocenters. The molecule has 2 aromatic rings. The number of allylic oxidation sites excluding steroid dienone is 2. The van der Waals surface area contributed by atoms with Crippen LogP contribution in [0.5, 0.6) is 5.75 Å². The predicted molar refractivity (Wildman–Crippen MR) is 141 cm³/mol. The minimum absolute atomic E-state index is 0.118. The third-order valence-corrected chi connectivity index (χ3v) is 5.78. The van der Waals surface area contributed by atoms with E-state index in [0.717, 1.165) is 43.4 Å². The Balaban J connectivity index is 0.000000945. The smallest absolute Gasteiger partial charge is 0.261 e. The topological polar surface area (TPSA) is 76.4 Å². The number of aryl methyl sites for hydroxylation is 2. The summed E-state index contributed by atoms with van der Waals surface area (Å²) in [7, 11) is 2.13. The van der Waals surface area contributed by atoms with Crippen molar-refractivity contribution in [2.75, 3.05) is 25.0 Å². The minimum Gasteiger partial charge on any atom is -0.508 e. The molecule has 3 rings (SSSR count). The molecule has 0 aliphatic carbocycles. The molecule has 34 heavy (non-hydrogen) atoms. The van der Waals surface area contributed by atoms with Crippen molar-refractivity contribution < 1.29 is 9.90 Å². The summed E-state index contributed by atoms with van der Waals surface area (Å²) in [6.07, 6.45) is 10.5. The quantitative estimate of drug-likeness (QED) is 0.322. The van der Waals surface area contributed by atoms with Gasteiger partial charge in [-0.2, -0.15) is 5.26 Å². The van der Waals surface area contributed by atoms with E-state index >= 15 is 0 Å². The van der Waals surface area contributed by atoms with E-state index in [0.29, 0.717) is 13.0 Å². The van der Waals surface area contributed by atoms with Gasteiger partial charge in [0.1, 0.15) is 17.4 Å². The molecule has 0 unspecified atom stereocenters. The molecular weight excluding hydrogens is 422 g/mol. The average Bonchev–Trinajstić information content (AvgIpc) is 2.84. The molecule has 0 bridgehead atoms. The van der Waals surface area contributed by atoms with Crippen molar-refractivity contribution in [2.45, 2.75) is 52.9 Å². The van der Waals surface area contributed by atoms with Gasteiger partial charge >= 0.3 is 0 Å². The van der Waals surface area contributed by atoms with Crippen LogP contribution in [0.1, 0.15) is 55.9 Å². The summed E-state index contributed by atoms with van der Waals surface area (Å²) in [5.41, 5.74) is 5.94. The molecule has 0 radical (unpaired) electrons. The van der Waals surface area contributed by atoms with Gasteiger partial charge in [-0.25, -0.2) is 0 Å². The zero-order chi connectivity index (χ0) is 24.9. The number of nitriles is 1. The Bertz CT molecular complexity index is 1040. The molecule has 1 amide bonds. The second-order valence-corrected chi connectivity index (χ2v) is 8.47. The lowest BCUT2D eigenvalue weighted by atomic mass is 9.92. The maximum absolute atomic E-state index is 12.5. The summed E-state index contributed by atoms with van der Waals surface area (Å²) in [4.78, 5) is 14.8. The van der Waals surface area contributed by atoms with Crippen molar-refractivity contribution >= 4 is 17.7 Å². The number of aromatic hydroxyl groups is 1. The maximum atomic E-state index is 12.5. The molecule has 0 saturated heterocycles. The highest BCUT2D eigenvalue weighted by atomic mass is 16.3. The van der Waals surface area contributed by atoms with E-state index in [4.69, 9.17) is 0 Å². The molecule has 1 aliphatic rings. The average molecular weight is 460 g/mol. The van der Waals surface area contributed by atoms with Gasteiger partial charge in [0.15, 0.2) is 0 Å². The van der Waals surface area contributed by atoms with Crippen LogP contribution in [0.2, 0.25) is 0 Å². The first kappa shape index (κ1) is 26.7. The Morgan fingerprint density at radius 3 is 2.50 bits per heavy atom. The second kappa shape index (κ2) is 13.9. The number of hydrogen-bond acceptors (Lipinski definition) is 4. The number of phenols is 1. The summed E-state index contributed by atoms with van der Waals surface area (Å²) < 4.78 is 0. The molecule has 0 saturated carbocycles. The number of fused-ring (bicyclic) bond motifs is 1. The van der Waals surface area contributed by atoms with Gasteiger partial charge in [-0.1, -0.05) is 37.6 Å². The van der Waals surface area contributed by atoms with Gasteiger partial charge in [0.2, 0.25) is 0 Å². The number of benzene rings is 2. The first-order valence-corrected chi connectivity index (χ1v) is 12.1. The van der Waals surface area contributed by atoms with Crippen molar-refractivity contribution in [1.82, 2.24) is 5.32 Å². The van der Waals surface area contributed by atoms with E-state index < -0.39 is 0 Å². The van der Waals surface area contributed by atoms with Crippen LogP contribution in [0.3, 0.4) is 0 Å². The van der Waals surface area contributed by atoms with E-state index in [1.165, 1.54) is 16.8 Å². The SMILES string of the molecule is C/C=C\C.CCCc1cc(/C=C(\C#N)C(=O)NCCc2ccc(O)cc2)cc2c1N(C)CCC2. The minimum atomic E-state index is -0.358. The normalized spacial score (nSPS) is 13.0. The lowest BCUT2D eigenvalue weighted by Gasteiger charge is -2.30. The number of nitrogens with zero attached hydrogens (tertiary/aromatic N) is 2. The Morgan fingerprint density at radius 1 is 1.18 bits per heavy atom. The van der Waals surface area contributed by atoms with Gasteiger partial charge in [0, 0.05) is 25.8 Å². The fourth-order valence-corrected chi connectivity index (χ4v) is 4.02. The molecule has 0 spiro atoms. The second-order valence-electron chi connectivity index (χ2n) is 8.47. The van der Waals surface area contributed by atoms with Crippen LogP contribution in [-0.4, -0.2) is 31.2 Å². The molecule has 180 valence electrons. The molecule has 2 aromatic carbocycles. The van der Waals surface area contributed by atoms with Crippen molar-refractivity contribution in [1.29, 1.82) is 5.26 Å². The van der Waals surface area contributed by atoms with Gasteiger partial charge in [0.05, 0.1) is 0 Å². The molecular formula is C29H37N3O2. The molecule has 0 aromatic heterocycles. The summed E-state index contributed by atoms with van der Waals surface area (Å²) in [6, 6.07) is 13.2. The first-order chi connectivity index (χ1) is 16.4. The Labute approximate surface area is 204 Å². The van der Waals surface area contributed by atoms with E-state index in [9.17, 15) is 15.2 Å². The Hall–Kier alpha value is -3.52. The van der Waals surface area contributed by atoms with Crippen LogP contribution in [0.25, 0.3) is 6.08 Å². The third-order valence-electron chi connectivity index (χ3n) is 5.78. The standard InChI is InChI=1S/C25H29N3O2.C4H8/c1-3-5-20-14-19(15-21-6-4-13-28(2)24(20)21)16-22(17-26)25(30)27-12-11-18-7-9-23(29)10-8-18;1-3-4-2/h7-10,14-16,29H,3-6,11-13H2,1-2H3,(H,27,30);3-4H,1-2H3/b22-16+;4-3-. The maximum Gasteiger partial charge on any atom is 0.261 e. The lowest BCUT2D eigenvalue weighted by molar-refractivity contribution is -0.117. The number of phenolic OH excluding ortho intramolecular Hbond substituents is 1. The number of amides is 1. The molecule has 2 N–H and O–H groups in total. The number of carbonyl (C=O) groups is 1. The largest absolute Gasteiger partial charge is 0.508 e. The van der Waals surface area contributed by atoms with E-state index in [1.54, 1.807) is 18.2 Å². The third kappa shape index (κ3) is 7.81. The van der Waals surface area contributed by atoms with Crippen molar-refractivity contribution in [3.63, 3.8) is 0 Å². The van der Waals surface area contributed by atoms with Crippen molar-refractivity contribution in [2.24, 2.45) is 0 Å². The number of nitrogens with one attached hydrogen (secondary N) is 1. The van der Waals surface area contributed by atoms with Crippen LogP contribution >= 0.6 is 0 Å². The van der Waals surface area contributed by atoms with Gasteiger partial charge in [-0.15, -0.1) is 0 Å². The summed E-state index contributed by atoms with van der Waals surface area (Å²) >= 11 is 0. The fraction of sp³-hybridized carbons (Fsp3) is 0.379. The van der Waals surface area contributed by atoms with Crippen LogP contribution < -0.4 is 10.2 Å².